The number of benzene rings is 1. The first-order valence-corrected chi connectivity index (χ1v) is 7.60. The second-order valence-corrected chi connectivity index (χ2v) is 5.29. The molecule has 1 aromatic rings. The number of ketones is 1. The Kier molecular flexibility index (Phi) is 7.29. The minimum absolute atomic E-state index is 0.00735. The van der Waals surface area contributed by atoms with Gasteiger partial charge in [0.2, 0.25) is 11.8 Å². The van der Waals surface area contributed by atoms with E-state index in [0.717, 1.165) is 12.8 Å². The number of carbonyl (C=O) groups is 3. The molecule has 0 atom stereocenters. The van der Waals surface area contributed by atoms with Gasteiger partial charge in [-0.15, -0.1) is 0 Å². The average Bonchev–Trinajstić information content (AvgIpc) is 2.47. The van der Waals surface area contributed by atoms with Crippen LogP contribution in [0, 0.1) is 0 Å². The van der Waals surface area contributed by atoms with Crippen LogP contribution in [0.4, 0.5) is 5.69 Å². The van der Waals surface area contributed by atoms with Crippen molar-refractivity contribution in [3.8, 4) is 0 Å². The van der Waals surface area contributed by atoms with Crippen LogP contribution < -0.4 is 5.32 Å². The molecule has 0 aliphatic carbocycles. The van der Waals surface area contributed by atoms with Gasteiger partial charge in [0.25, 0.3) is 0 Å². The summed E-state index contributed by atoms with van der Waals surface area (Å²) in [6.07, 6.45) is 2.21. The van der Waals surface area contributed by atoms with E-state index < -0.39 is 0 Å². The second-order valence-electron chi connectivity index (χ2n) is 5.29. The second kappa shape index (κ2) is 8.97. The average molecular weight is 304 g/mol. The van der Waals surface area contributed by atoms with Crippen LogP contribution in [-0.2, 0) is 9.59 Å². The van der Waals surface area contributed by atoms with Crippen LogP contribution in [0.25, 0.3) is 0 Å². The lowest BCUT2D eigenvalue weighted by Crippen LogP contribution is -2.32. The normalized spacial score (nSPS) is 10.1. The maximum absolute atomic E-state index is 11.9. The number of hydrogen-bond donors (Lipinski definition) is 1. The van der Waals surface area contributed by atoms with Gasteiger partial charge < -0.3 is 10.2 Å². The van der Waals surface area contributed by atoms with E-state index in [2.05, 4.69) is 12.2 Å². The monoisotopic (exact) mass is 304 g/mol. The van der Waals surface area contributed by atoms with Gasteiger partial charge in [-0.05, 0) is 37.6 Å². The van der Waals surface area contributed by atoms with Crippen molar-refractivity contribution in [2.45, 2.75) is 40.0 Å². The van der Waals surface area contributed by atoms with Gasteiger partial charge in [-0.2, -0.15) is 0 Å². The van der Waals surface area contributed by atoms with Crippen LogP contribution >= 0.6 is 0 Å². The van der Waals surface area contributed by atoms with E-state index in [4.69, 9.17) is 0 Å². The highest BCUT2D eigenvalue weighted by molar-refractivity contribution is 5.95. The highest BCUT2D eigenvalue weighted by atomic mass is 16.2. The first kappa shape index (κ1) is 17.9. The Labute approximate surface area is 131 Å². The molecule has 0 bridgehead atoms. The molecule has 0 radical (unpaired) electrons. The highest BCUT2D eigenvalue weighted by Crippen LogP contribution is 2.10. The first-order valence-electron chi connectivity index (χ1n) is 7.60. The molecular weight excluding hydrogens is 280 g/mol. The molecule has 1 N–H and O–H groups in total. The summed E-state index contributed by atoms with van der Waals surface area (Å²) in [7, 11) is 0. The van der Waals surface area contributed by atoms with Crippen LogP contribution in [-0.4, -0.2) is 35.6 Å². The molecule has 0 fully saturated rings. The van der Waals surface area contributed by atoms with Crippen molar-refractivity contribution in [2.24, 2.45) is 0 Å². The maximum Gasteiger partial charge on any atom is 0.226 e. The largest absolute Gasteiger partial charge is 0.342 e. The smallest absolute Gasteiger partial charge is 0.226 e. The molecule has 22 heavy (non-hydrogen) atoms. The fourth-order valence-corrected chi connectivity index (χ4v) is 2.02. The Balaban J connectivity index is 2.47. The quantitative estimate of drug-likeness (QED) is 0.751. The zero-order valence-corrected chi connectivity index (χ0v) is 13.5. The number of nitrogens with one attached hydrogen (secondary N) is 1. The van der Waals surface area contributed by atoms with Gasteiger partial charge in [0.1, 0.15) is 0 Å². The Morgan fingerprint density at radius 1 is 1.05 bits per heavy atom. The Morgan fingerprint density at radius 3 is 2.18 bits per heavy atom. The number of unbranched alkanes of at least 4 members (excludes halogenated alkanes) is 1. The predicted molar refractivity (Wildman–Crippen MR) is 86.9 cm³/mol. The summed E-state index contributed by atoms with van der Waals surface area (Å²) in [6.45, 7) is 6.20. The van der Waals surface area contributed by atoms with E-state index in [1.165, 1.54) is 13.8 Å². The summed E-state index contributed by atoms with van der Waals surface area (Å²) >= 11 is 0. The van der Waals surface area contributed by atoms with E-state index >= 15 is 0 Å². The number of rotatable bonds is 8. The third-order valence-electron chi connectivity index (χ3n) is 3.41. The van der Waals surface area contributed by atoms with Crippen LogP contribution in [0.3, 0.4) is 0 Å². The molecule has 0 aliphatic rings. The summed E-state index contributed by atoms with van der Waals surface area (Å²) in [5.41, 5.74) is 1.26. The highest BCUT2D eigenvalue weighted by Gasteiger charge is 2.11. The molecule has 0 saturated carbocycles. The molecule has 2 amide bonds. The topological polar surface area (TPSA) is 66.5 Å². The van der Waals surface area contributed by atoms with Crippen molar-refractivity contribution in [3.05, 3.63) is 29.8 Å². The Morgan fingerprint density at radius 2 is 1.68 bits per heavy atom. The van der Waals surface area contributed by atoms with Crippen molar-refractivity contribution in [1.29, 1.82) is 0 Å². The fraction of sp³-hybridized carbons (Fsp3) is 0.471. The molecule has 0 unspecified atom stereocenters. The van der Waals surface area contributed by atoms with Gasteiger partial charge in [-0.1, -0.05) is 13.3 Å². The van der Waals surface area contributed by atoms with Gasteiger partial charge in [-0.3, -0.25) is 14.4 Å². The zero-order valence-electron chi connectivity index (χ0n) is 13.5. The van der Waals surface area contributed by atoms with Crippen LogP contribution in [0.15, 0.2) is 24.3 Å². The standard InChI is InChI=1S/C17H24N2O3/c1-4-5-11-19(14(3)21)12-10-17(22)18-16-8-6-15(7-9-16)13(2)20/h6-9H,4-5,10-12H2,1-3H3,(H,18,22). The van der Waals surface area contributed by atoms with Crippen LogP contribution in [0.2, 0.25) is 0 Å². The Hall–Kier alpha value is -2.17. The first-order chi connectivity index (χ1) is 10.4. The molecule has 0 heterocycles. The molecule has 0 aromatic heterocycles. The van der Waals surface area contributed by atoms with Crippen molar-refractivity contribution < 1.29 is 14.4 Å². The number of amides is 2. The van der Waals surface area contributed by atoms with Gasteiger partial charge in [-0.25, -0.2) is 0 Å². The van der Waals surface area contributed by atoms with Crippen LogP contribution in [0.1, 0.15) is 50.4 Å². The minimum atomic E-state index is -0.140. The van der Waals surface area contributed by atoms with E-state index in [1.807, 2.05) is 0 Å². The third kappa shape index (κ3) is 6.08. The molecule has 120 valence electrons. The predicted octanol–water partition coefficient (Wildman–Crippen LogP) is 2.87. The summed E-state index contributed by atoms with van der Waals surface area (Å²) in [5, 5.41) is 2.77. The maximum atomic E-state index is 11.9. The van der Waals surface area contributed by atoms with Crippen molar-refractivity contribution in [3.63, 3.8) is 0 Å². The molecule has 0 saturated heterocycles. The lowest BCUT2D eigenvalue weighted by molar-refractivity contribution is -0.129. The number of Topliss-reactive ketones (excluding diaryl/α,β-unsaturated/α-hetero) is 1. The van der Waals surface area contributed by atoms with E-state index in [9.17, 15) is 14.4 Å². The lowest BCUT2D eigenvalue weighted by atomic mass is 10.1. The summed E-state index contributed by atoms with van der Waals surface area (Å²) < 4.78 is 0. The summed E-state index contributed by atoms with van der Waals surface area (Å²) in [6, 6.07) is 6.77. The van der Waals surface area contributed by atoms with Crippen molar-refractivity contribution >= 4 is 23.3 Å². The molecule has 1 rings (SSSR count). The van der Waals surface area contributed by atoms with Crippen molar-refractivity contribution in [1.82, 2.24) is 4.90 Å². The molecule has 0 aliphatic heterocycles. The molecule has 0 spiro atoms. The van der Waals surface area contributed by atoms with E-state index in [1.54, 1.807) is 29.2 Å². The molecule has 5 heteroatoms. The lowest BCUT2D eigenvalue weighted by Gasteiger charge is -2.20. The molecule has 5 nitrogen and oxygen atoms in total. The number of hydrogen-bond acceptors (Lipinski definition) is 3. The third-order valence-corrected chi connectivity index (χ3v) is 3.41. The molecular formula is C17H24N2O3. The van der Waals surface area contributed by atoms with E-state index in [0.29, 0.717) is 24.3 Å². The number of carbonyl (C=O) groups excluding carboxylic acids is 3. The SMILES string of the molecule is CCCCN(CCC(=O)Nc1ccc(C(C)=O)cc1)C(C)=O. The fourth-order valence-electron chi connectivity index (χ4n) is 2.02. The van der Waals surface area contributed by atoms with Gasteiger partial charge >= 0.3 is 0 Å². The van der Waals surface area contributed by atoms with Gasteiger partial charge in [0.05, 0.1) is 0 Å². The number of nitrogens with zero attached hydrogens (tertiary/aromatic N) is 1. The number of anilines is 1. The Bertz CT molecular complexity index is 523. The minimum Gasteiger partial charge on any atom is -0.342 e. The van der Waals surface area contributed by atoms with Crippen molar-refractivity contribution in [2.75, 3.05) is 18.4 Å². The van der Waals surface area contributed by atoms with E-state index in [-0.39, 0.29) is 24.0 Å². The molecule has 1 aromatic carbocycles. The van der Waals surface area contributed by atoms with Gasteiger partial charge in [0, 0.05) is 37.7 Å². The summed E-state index contributed by atoms with van der Waals surface area (Å²) in [5.74, 6) is -0.156. The summed E-state index contributed by atoms with van der Waals surface area (Å²) in [4.78, 5) is 36.3. The zero-order chi connectivity index (χ0) is 16.5. The van der Waals surface area contributed by atoms with Gasteiger partial charge in [0.15, 0.2) is 5.78 Å². The van der Waals surface area contributed by atoms with Crippen LogP contribution in [0.5, 0.6) is 0 Å².